The molecule has 3 nitrogen and oxygen atoms in total. The van der Waals surface area contributed by atoms with E-state index in [0.717, 1.165) is 12.1 Å². The van der Waals surface area contributed by atoms with Gasteiger partial charge in [-0.3, -0.25) is 4.79 Å². The van der Waals surface area contributed by atoms with Crippen molar-refractivity contribution in [2.45, 2.75) is 6.18 Å². The standard InChI is InChI=1S/C14H8Br2F3NO2/c15-9-6-5-7(12(21)11(9)16)13(22)20-10-4-2-1-3-8(10)14(17,18)19/h1-6,21H,(H,20,22). The summed E-state index contributed by atoms with van der Waals surface area (Å²) in [5.41, 5.74) is -1.48. The monoisotopic (exact) mass is 437 g/mol. The molecule has 0 heterocycles. The second-order valence-corrected chi connectivity index (χ2v) is 5.90. The number of amides is 1. The Morgan fingerprint density at radius 3 is 2.36 bits per heavy atom. The summed E-state index contributed by atoms with van der Waals surface area (Å²) in [4.78, 5) is 12.1. The van der Waals surface area contributed by atoms with Gasteiger partial charge in [-0.25, -0.2) is 0 Å². The van der Waals surface area contributed by atoms with Gasteiger partial charge in [0.1, 0.15) is 5.75 Å². The second kappa shape index (κ2) is 6.29. The Kier molecular flexibility index (Phi) is 4.81. The third-order valence-corrected chi connectivity index (χ3v) is 4.79. The largest absolute Gasteiger partial charge is 0.506 e. The average molecular weight is 439 g/mol. The molecule has 0 radical (unpaired) electrons. The van der Waals surface area contributed by atoms with Crippen LogP contribution in [0.1, 0.15) is 15.9 Å². The summed E-state index contributed by atoms with van der Waals surface area (Å²) < 4.78 is 39.4. The van der Waals surface area contributed by atoms with Crippen LogP contribution in [0, 0.1) is 0 Å². The van der Waals surface area contributed by atoms with Crippen molar-refractivity contribution in [3.05, 3.63) is 56.5 Å². The Hall–Kier alpha value is -1.54. The lowest BCUT2D eigenvalue weighted by molar-refractivity contribution is -0.136. The highest BCUT2D eigenvalue weighted by atomic mass is 79.9. The molecule has 2 aromatic carbocycles. The lowest BCUT2D eigenvalue weighted by atomic mass is 10.1. The van der Waals surface area contributed by atoms with Crippen molar-refractivity contribution in [2.75, 3.05) is 5.32 Å². The molecule has 0 atom stereocenters. The first-order valence-corrected chi connectivity index (χ1v) is 7.45. The minimum Gasteiger partial charge on any atom is -0.506 e. The topological polar surface area (TPSA) is 49.3 Å². The van der Waals surface area contributed by atoms with Crippen LogP contribution < -0.4 is 5.32 Å². The van der Waals surface area contributed by atoms with Crippen molar-refractivity contribution in [1.29, 1.82) is 0 Å². The number of phenolic OH excluding ortho intramolecular Hbond substituents is 1. The Labute approximate surface area is 140 Å². The molecule has 2 rings (SSSR count). The number of phenols is 1. The molecule has 0 aromatic heterocycles. The molecule has 8 heteroatoms. The molecule has 0 spiro atoms. The first kappa shape index (κ1) is 16.8. The minimum atomic E-state index is -4.59. The Morgan fingerprint density at radius 2 is 1.73 bits per heavy atom. The van der Waals surface area contributed by atoms with Gasteiger partial charge in [0.05, 0.1) is 21.3 Å². The molecule has 0 fully saturated rings. The number of aromatic hydroxyl groups is 1. The van der Waals surface area contributed by atoms with E-state index < -0.39 is 17.6 Å². The third kappa shape index (κ3) is 3.44. The zero-order valence-electron chi connectivity index (χ0n) is 10.7. The van der Waals surface area contributed by atoms with E-state index in [9.17, 15) is 23.1 Å². The summed E-state index contributed by atoms with van der Waals surface area (Å²) >= 11 is 6.22. The number of hydrogen-bond acceptors (Lipinski definition) is 2. The molecule has 1 amide bonds. The van der Waals surface area contributed by atoms with Crippen molar-refractivity contribution in [1.82, 2.24) is 0 Å². The second-order valence-electron chi connectivity index (χ2n) is 4.26. The highest BCUT2D eigenvalue weighted by Crippen LogP contribution is 2.37. The van der Waals surface area contributed by atoms with E-state index in [1.165, 1.54) is 24.3 Å². The summed E-state index contributed by atoms with van der Waals surface area (Å²) in [5, 5.41) is 12.1. The van der Waals surface area contributed by atoms with Crippen LogP contribution in [0.25, 0.3) is 0 Å². The Balaban J connectivity index is 2.37. The molecule has 0 aliphatic carbocycles. The van der Waals surface area contributed by atoms with Crippen LogP contribution in [0.5, 0.6) is 5.75 Å². The van der Waals surface area contributed by atoms with E-state index in [0.29, 0.717) is 4.47 Å². The fraction of sp³-hybridized carbons (Fsp3) is 0.0714. The molecule has 0 bridgehead atoms. The minimum absolute atomic E-state index is 0.146. The number of nitrogens with one attached hydrogen (secondary N) is 1. The molecule has 22 heavy (non-hydrogen) atoms. The third-order valence-electron chi connectivity index (χ3n) is 2.79. The fourth-order valence-corrected chi connectivity index (χ4v) is 2.42. The summed E-state index contributed by atoms with van der Waals surface area (Å²) in [7, 11) is 0. The number of carbonyl (C=O) groups is 1. The van der Waals surface area contributed by atoms with Gasteiger partial charge in [-0.2, -0.15) is 13.2 Å². The molecule has 0 saturated heterocycles. The lowest BCUT2D eigenvalue weighted by Gasteiger charge is -2.14. The SMILES string of the molecule is O=C(Nc1ccccc1C(F)(F)F)c1ccc(Br)c(Br)c1O. The smallest absolute Gasteiger partial charge is 0.418 e. The van der Waals surface area contributed by atoms with Crippen molar-refractivity contribution >= 4 is 43.5 Å². The molecule has 2 N–H and O–H groups in total. The van der Waals surface area contributed by atoms with Gasteiger partial charge in [0.15, 0.2) is 0 Å². The van der Waals surface area contributed by atoms with E-state index >= 15 is 0 Å². The highest BCUT2D eigenvalue weighted by molar-refractivity contribution is 9.13. The van der Waals surface area contributed by atoms with E-state index in [1.807, 2.05) is 0 Å². The normalized spacial score (nSPS) is 11.3. The van der Waals surface area contributed by atoms with Gasteiger partial charge >= 0.3 is 6.18 Å². The predicted molar refractivity (Wildman–Crippen MR) is 82.9 cm³/mol. The van der Waals surface area contributed by atoms with E-state index in [4.69, 9.17) is 0 Å². The summed E-state index contributed by atoms with van der Waals surface area (Å²) in [6, 6.07) is 7.41. The zero-order valence-corrected chi connectivity index (χ0v) is 13.9. The van der Waals surface area contributed by atoms with E-state index in [1.54, 1.807) is 0 Å². The quantitative estimate of drug-likeness (QED) is 0.677. The van der Waals surface area contributed by atoms with Gasteiger partial charge in [-0.1, -0.05) is 12.1 Å². The molecular formula is C14H8Br2F3NO2. The number of carbonyl (C=O) groups excluding carboxylic acids is 1. The molecular weight excluding hydrogens is 431 g/mol. The Morgan fingerprint density at radius 1 is 1.09 bits per heavy atom. The van der Waals surface area contributed by atoms with Crippen LogP contribution in [0.4, 0.5) is 18.9 Å². The summed E-state index contributed by atoms with van der Waals surface area (Å²) in [6.45, 7) is 0. The molecule has 0 saturated carbocycles. The van der Waals surface area contributed by atoms with Gasteiger partial charge in [0, 0.05) is 4.47 Å². The number of anilines is 1. The fourth-order valence-electron chi connectivity index (χ4n) is 1.75. The number of rotatable bonds is 2. The Bertz CT molecular complexity index is 733. The molecule has 0 aliphatic rings. The number of halogens is 5. The van der Waals surface area contributed by atoms with E-state index in [-0.39, 0.29) is 21.5 Å². The summed E-state index contributed by atoms with van der Waals surface area (Å²) in [6.07, 6.45) is -4.59. The first-order chi connectivity index (χ1) is 10.2. The van der Waals surface area contributed by atoms with Gasteiger partial charge in [0.2, 0.25) is 0 Å². The first-order valence-electron chi connectivity index (χ1n) is 5.86. The van der Waals surface area contributed by atoms with Crippen molar-refractivity contribution in [2.24, 2.45) is 0 Å². The van der Waals surface area contributed by atoms with Crippen LogP contribution in [-0.4, -0.2) is 11.0 Å². The molecule has 2 aromatic rings. The number of hydrogen-bond donors (Lipinski definition) is 2. The number of alkyl halides is 3. The summed E-state index contributed by atoms with van der Waals surface area (Å²) in [5.74, 6) is -1.21. The van der Waals surface area contributed by atoms with E-state index in [2.05, 4.69) is 37.2 Å². The van der Waals surface area contributed by atoms with Crippen LogP contribution in [0.3, 0.4) is 0 Å². The van der Waals surface area contributed by atoms with Gasteiger partial charge in [-0.05, 0) is 56.1 Å². The van der Waals surface area contributed by atoms with Gasteiger partial charge in [0.25, 0.3) is 5.91 Å². The maximum absolute atomic E-state index is 12.9. The predicted octanol–water partition coefficient (Wildman–Crippen LogP) is 5.19. The van der Waals surface area contributed by atoms with Crippen LogP contribution in [0.2, 0.25) is 0 Å². The highest BCUT2D eigenvalue weighted by Gasteiger charge is 2.33. The van der Waals surface area contributed by atoms with Gasteiger partial charge in [-0.15, -0.1) is 0 Å². The average Bonchev–Trinajstić information content (AvgIpc) is 2.44. The van der Waals surface area contributed by atoms with Crippen LogP contribution in [0.15, 0.2) is 45.3 Å². The lowest BCUT2D eigenvalue weighted by Crippen LogP contribution is -2.16. The van der Waals surface area contributed by atoms with Crippen molar-refractivity contribution < 1.29 is 23.1 Å². The van der Waals surface area contributed by atoms with Crippen molar-refractivity contribution in [3.63, 3.8) is 0 Å². The number of para-hydroxylation sites is 1. The van der Waals surface area contributed by atoms with Gasteiger partial charge < -0.3 is 10.4 Å². The van der Waals surface area contributed by atoms with Crippen LogP contribution in [-0.2, 0) is 6.18 Å². The van der Waals surface area contributed by atoms with Crippen LogP contribution >= 0.6 is 31.9 Å². The maximum atomic E-state index is 12.9. The zero-order chi connectivity index (χ0) is 16.5. The molecule has 0 aliphatic heterocycles. The number of benzene rings is 2. The molecule has 0 unspecified atom stereocenters. The van der Waals surface area contributed by atoms with Crippen molar-refractivity contribution in [3.8, 4) is 5.75 Å². The maximum Gasteiger partial charge on any atom is 0.418 e. The molecule has 116 valence electrons.